The van der Waals surface area contributed by atoms with Crippen LogP contribution in [0.25, 0.3) is 22.2 Å². The number of aromatic nitrogens is 2. The lowest BCUT2D eigenvalue weighted by molar-refractivity contribution is -0.0287. The van der Waals surface area contributed by atoms with Crippen molar-refractivity contribution in [2.75, 3.05) is 0 Å². The number of rotatable bonds is 3. The highest BCUT2D eigenvalue weighted by atomic mass is 32.1. The van der Waals surface area contributed by atoms with Crippen LogP contribution in [-0.2, 0) is 6.42 Å². The zero-order valence-corrected chi connectivity index (χ0v) is 16.7. The largest absolute Gasteiger partial charge is 0.484 e. The summed E-state index contributed by atoms with van der Waals surface area (Å²) in [5.41, 5.74) is 2.42. The number of nitrogens with zero attached hydrogens (tertiary/aromatic N) is 2. The van der Waals surface area contributed by atoms with E-state index in [9.17, 15) is 4.79 Å². The molecule has 0 unspecified atom stereocenters. The topological polar surface area (TPSA) is 74.5 Å². The van der Waals surface area contributed by atoms with Crippen LogP contribution in [0.2, 0.25) is 0 Å². The average molecular weight is 406 g/mol. The molecule has 0 amide bonds. The van der Waals surface area contributed by atoms with Crippen molar-refractivity contribution in [2.45, 2.75) is 32.0 Å². The Kier molecular flexibility index (Phi) is 4.13. The van der Waals surface area contributed by atoms with Crippen molar-refractivity contribution in [3.63, 3.8) is 0 Å². The lowest BCUT2D eigenvalue weighted by Gasteiger charge is -2.39. The van der Waals surface area contributed by atoms with Crippen LogP contribution in [0.4, 0.5) is 0 Å². The Morgan fingerprint density at radius 1 is 1.17 bits per heavy atom. The second-order valence-corrected chi connectivity index (χ2v) is 8.30. The van der Waals surface area contributed by atoms with Crippen LogP contribution in [0, 0.1) is 0 Å². The van der Waals surface area contributed by atoms with Gasteiger partial charge in [-0.1, -0.05) is 0 Å². The fourth-order valence-electron chi connectivity index (χ4n) is 3.49. The van der Waals surface area contributed by atoms with Gasteiger partial charge in [0, 0.05) is 40.9 Å². The van der Waals surface area contributed by atoms with Crippen molar-refractivity contribution in [3.05, 3.63) is 69.5 Å². The molecular formula is C22H18N2O4S. The van der Waals surface area contributed by atoms with Crippen molar-refractivity contribution < 1.29 is 13.9 Å². The molecular weight excluding hydrogens is 388 g/mol. The van der Waals surface area contributed by atoms with Crippen molar-refractivity contribution in [2.24, 2.45) is 0 Å². The third-order valence-corrected chi connectivity index (χ3v) is 5.76. The number of ether oxygens (including phenoxy) is 2. The molecule has 1 atom stereocenters. The minimum Gasteiger partial charge on any atom is -0.484 e. The van der Waals surface area contributed by atoms with E-state index in [2.05, 4.69) is 9.97 Å². The van der Waals surface area contributed by atoms with Crippen LogP contribution >= 0.6 is 11.3 Å². The normalized spacial score (nSPS) is 17.5. The molecule has 1 aliphatic rings. The first kappa shape index (κ1) is 17.9. The van der Waals surface area contributed by atoms with Crippen LogP contribution in [0.15, 0.2) is 62.7 Å². The number of hydrogen-bond donors (Lipinski definition) is 0. The Balaban J connectivity index is 1.47. The fraction of sp³-hybridized carbons (Fsp3) is 0.227. The van der Waals surface area contributed by atoms with Crippen LogP contribution in [0.3, 0.4) is 0 Å². The van der Waals surface area contributed by atoms with E-state index in [1.807, 2.05) is 42.8 Å². The Bertz CT molecular complexity index is 1250. The van der Waals surface area contributed by atoms with Gasteiger partial charge >= 0.3 is 5.63 Å². The molecule has 1 aliphatic heterocycles. The predicted octanol–water partition coefficient (Wildman–Crippen LogP) is 4.47. The molecule has 0 bridgehead atoms. The molecule has 0 spiro atoms. The average Bonchev–Trinajstić information content (AvgIpc) is 3.22. The molecule has 146 valence electrons. The van der Waals surface area contributed by atoms with Gasteiger partial charge < -0.3 is 13.9 Å². The van der Waals surface area contributed by atoms with Crippen LogP contribution < -0.4 is 15.1 Å². The van der Waals surface area contributed by atoms with E-state index in [-0.39, 0.29) is 11.7 Å². The smallest absolute Gasteiger partial charge is 0.336 e. The quantitative estimate of drug-likeness (QED) is 0.467. The Morgan fingerprint density at radius 2 is 2.07 bits per heavy atom. The Hall–Kier alpha value is -3.19. The highest BCUT2D eigenvalue weighted by Crippen LogP contribution is 2.37. The van der Waals surface area contributed by atoms with Gasteiger partial charge in [0.05, 0.1) is 5.69 Å². The molecule has 1 aromatic carbocycles. The molecule has 5 rings (SSSR count). The van der Waals surface area contributed by atoms with Crippen molar-refractivity contribution >= 4 is 22.3 Å². The summed E-state index contributed by atoms with van der Waals surface area (Å²) < 4.78 is 17.8. The summed E-state index contributed by atoms with van der Waals surface area (Å²) >= 11 is 1.62. The number of hydrogen-bond acceptors (Lipinski definition) is 7. The van der Waals surface area contributed by atoms with E-state index in [1.165, 1.54) is 12.4 Å². The van der Waals surface area contributed by atoms with Gasteiger partial charge in [0.25, 0.3) is 0 Å². The summed E-state index contributed by atoms with van der Waals surface area (Å²) in [5, 5.41) is 4.91. The lowest BCUT2D eigenvalue weighted by Crippen LogP contribution is -2.49. The molecule has 0 saturated heterocycles. The highest BCUT2D eigenvalue weighted by Gasteiger charge is 2.39. The van der Waals surface area contributed by atoms with Gasteiger partial charge in [-0.15, -0.1) is 0 Å². The molecule has 0 saturated carbocycles. The molecule has 4 aromatic rings. The van der Waals surface area contributed by atoms with Crippen LogP contribution in [0.1, 0.15) is 19.4 Å². The van der Waals surface area contributed by atoms with E-state index >= 15 is 0 Å². The highest BCUT2D eigenvalue weighted by molar-refractivity contribution is 7.08. The molecule has 0 N–H and O–H groups in total. The van der Waals surface area contributed by atoms with Crippen molar-refractivity contribution in [3.8, 4) is 22.9 Å². The number of benzene rings is 1. The van der Waals surface area contributed by atoms with Gasteiger partial charge in [-0.05, 0) is 43.0 Å². The van der Waals surface area contributed by atoms with Crippen molar-refractivity contribution in [1.29, 1.82) is 0 Å². The van der Waals surface area contributed by atoms with Gasteiger partial charge in [0.2, 0.25) is 5.88 Å². The second kappa shape index (κ2) is 6.70. The third kappa shape index (κ3) is 3.38. The van der Waals surface area contributed by atoms with Gasteiger partial charge in [-0.3, -0.25) is 0 Å². The van der Waals surface area contributed by atoms with E-state index in [0.29, 0.717) is 23.6 Å². The van der Waals surface area contributed by atoms with Gasteiger partial charge in [0.1, 0.15) is 29.4 Å². The zero-order chi connectivity index (χ0) is 20.0. The zero-order valence-electron chi connectivity index (χ0n) is 15.9. The molecule has 3 aromatic heterocycles. The first-order valence-corrected chi connectivity index (χ1v) is 10.2. The van der Waals surface area contributed by atoms with Crippen LogP contribution in [-0.4, -0.2) is 21.7 Å². The monoisotopic (exact) mass is 406 g/mol. The number of thiophene rings is 1. The maximum atomic E-state index is 11.5. The summed E-state index contributed by atoms with van der Waals surface area (Å²) in [7, 11) is 0. The van der Waals surface area contributed by atoms with Gasteiger partial charge in [0.15, 0.2) is 0 Å². The summed E-state index contributed by atoms with van der Waals surface area (Å²) in [6, 6.07) is 10.8. The van der Waals surface area contributed by atoms with Crippen LogP contribution in [0.5, 0.6) is 11.6 Å². The van der Waals surface area contributed by atoms with E-state index in [4.69, 9.17) is 13.9 Å². The third-order valence-electron chi connectivity index (χ3n) is 5.08. The molecule has 0 radical (unpaired) electrons. The summed E-state index contributed by atoms with van der Waals surface area (Å²) in [5.74, 6) is 1.22. The van der Waals surface area contributed by atoms with Crippen molar-refractivity contribution in [1.82, 2.24) is 9.97 Å². The van der Waals surface area contributed by atoms with E-state index < -0.39 is 5.60 Å². The SMILES string of the molecule is CC1(C)Oc2cc3oc(=O)ccc3cc2C[C@@H]1Oc1cc(-c2ccsc2)ncn1. The maximum absolute atomic E-state index is 11.5. The predicted molar refractivity (Wildman–Crippen MR) is 111 cm³/mol. The minimum atomic E-state index is -0.594. The van der Waals surface area contributed by atoms with Gasteiger partial charge in [-0.25, -0.2) is 14.8 Å². The summed E-state index contributed by atoms with van der Waals surface area (Å²) in [4.78, 5) is 20.1. The Morgan fingerprint density at radius 3 is 2.90 bits per heavy atom. The standard InChI is InChI=1S/C22H18N2O4S/c1-22(2)19(27-20-9-16(23-12-24-20)14-5-6-29-11-14)8-15-7-13-3-4-21(25)26-17(13)10-18(15)28-22/h3-7,9-12,19H,8H2,1-2H3/t19-/m0/s1. The minimum absolute atomic E-state index is 0.242. The fourth-order valence-corrected chi connectivity index (χ4v) is 4.14. The molecule has 0 aliphatic carbocycles. The molecule has 4 heterocycles. The van der Waals surface area contributed by atoms with E-state index in [0.717, 1.165) is 22.2 Å². The number of fused-ring (bicyclic) bond motifs is 2. The Labute approximate surface area is 170 Å². The molecule has 7 heteroatoms. The molecule has 29 heavy (non-hydrogen) atoms. The molecule has 6 nitrogen and oxygen atoms in total. The second-order valence-electron chi connectivity index (χ2n) is 7.52. The first-order valence-electron chi connectivity index (χ1n) is 9.25. The lowest BCUT2D eigenvalue weighted by atomic mass is 9.90. The maximum Gasteiger partial charge on any atom is 0.336 e. The van der Waals surface area contributed by atoms with E-state index in [1.54, 1.807) is 23.5 Å². The summed E-state index contributed by atoms with van der Waals surface area (Å²) in [6.07, 6.45) is 1.92. The van der Waals surface area contributed by atoms with Gasteiger partial charge in [-0.2, -0.15) is 11.3 Å². The summed E-state index contributed by atoms with van der Waals surface area (Å²) in [6.45, 7) is 3.96. The first-order chi connectivity index (χ1) is 14.0. The molecule has 0 fully saturated rings.